The van der Waals surface area contributed by atoms with Crippen molar-refractivity contribution < 1.29 is 33.4 Å². The van der Waals surface area contributed by atoms with Gasteiger partial charge in [-0.05, 0) is 31.0 Å². The standard InChI is InChI=1S/C33H40N6O7S/c1-21(20-47-22(2)40)32(43)39-12-8-11-26(39)31(42)35-30-24-17-27(44-3)28(45-4)18-25(24)34-33(36-30)38-15-13-37(14-16-38)29(41)19-46-23-9-6-5-7-10-23/h5-7,9-10,17-18,21,26H,8,11-16,19-20H2,1-4H3,(H,34,35,36,42). The monoisotopic (exact) mass is 664 g/mol. The smallest absolute Gasteiger partial charge is 0.260 e. The number of hydrogen-bond donors (Lipinski definition) is 1. The Bertz CT molecular complexity index is 1620. The lowest BCUT2D eigenvalue weighted by atomic mass is 10.1. The van der Waals surface area contributed by atoms with Crippen LogP contribution in [-0.2, 0) is 19.2 Å². The molecule has 250 valence electrons. The van der Waals surface area contributed by atoms with Crippen molar-refractivity contribution >= 4 is 57.3 Å². The van der Waals surface area contributed by atoms with Crippen LogP contribution in [0.5, 0.6) is 17.2 Å². The Morgan fingerprint density at radius 1 is 0.979 bits per heavy atom. The molecule has 14 heteroatoms. The van der Waals surface area contributed by atoms with Gasteiger partial charge >= 0.3 is 0 Å². The first-order valence-corrected chi connectivity index (χ1v) is 16.6. The molecule has 47 heavy (non-hydrogen) atoms. The highest BCUT2D eigenvalue weighted by Gasteiger charge is 2.36. The van der Waals surface area contributed by atoms with Crippen molar-refractivity contribution in [2.45, 2.75) is 32.7 Å². The summed E-state index contributed by atoms with van der Waals surface area (Å²) in [7, 11) is 3.06. The lowest BCUT2D eigenvalue weighted by Crippen LogP contribution is -2.50. The molecule has 0 bridgehead atoms. The van der Waals surface area contributed by atoms with Crippen molar-refractivity contribution in [1.29, 1.82) is 0 Å². The van der Waals surface area contributed by atoms with Crippen LogP contribution in [0.15, 0.2) is 42.5 Å². The van der Waals surface area contributed by atoms with Crippen molar-refractivity contribution in [3.05, 3.63) is 42.5 Å². The first kappa shape index (κ1) is 33.8. The van der Waals surface area contributed by atoms with Gasteiger partial charge in [0.1, 0.15) is 17.6 Å². The first-order chi connectivity index (χ1) is 22.7. The average molecular weight is 665 g/mol. The fraction of sp³-hybridized carbons (Fsp3) is 0.455. The Morgan fingerprint density at radius 3 is 2.36 bits per heavy atom. The predicted octanol–water partition coefficient (Wildman–Crippen LogP) is 3.22. The molecule has 2 fully saturated rings. The Kier molecular flexibility index (Phi) is 11.0. The fourth-order valence-electron chi connectivity index (χ4n) is 5.69. The van der Waals surface area contributed by atoms with Gasteiger partial charge in [0.2, 0.25) is 17.8 Å². The molecule has 2 saturated heterocycles. The maximum atomic E-state index is 13.8. The van der Waals surface area contributed by atoms with E-state index in [9.17, 15) is 19.2 Å². The Hall–Kier alpha value is -4.59. The summed E-state index contributed by atoms with van der Waals surface area (Å²) in [4.78, 5) is 66.2. The van der Waals surface area contributed by atoms with Crippen LogP contribution in [0.1, 0.15) is 26.7 Å². The maximum absolute atomic E-state index is 13.8. The number of anilines is 2. The number of rotatable bonds is 11. The molecular weight excluding hydrogens is 624 g/mol. The number of benzene rings is 2. The fourth-order valence-corrected chi connectivity index (χ4v) is 6.32. The Labute approximate surface area is 277 Å². The highest BCUT2D eigenvalue weighted by molar-refractivity contribution is 8.13. The van der Waals surface area contributed by atoms with Gasteiger partial charge in [0.15, 0.2) is 23.2 Å². The zero-order chi connectivity index (χ0) is 33.5. The molecule has 2 aliphatic heterocycles. The molecule has 2 unspecified atom stereocenters. The minimum absolute atomic E-state index is 0.0519. The predicted molar refractivity (Wildman–Crippen MR) is 179 cm³/mol. The van der Waals surface area contributed by atoms with Crippen LogP contribution in [0.4, 0.5) is 11.8 Å². The quantitative estimate of drug-likeness (QED) is 0.323. The number of thioether (sulfide) groups is 1. The van der Waals surface area contributed by atoms with Crippen LogP contribution < -0.4 is 24.4 Å². The number of fused-ring (bicyclic) bond motifs is 1. The van der Waals surface area contributed by atoms with E-state index >= 15 is 0 Å². The van der Waals surface area contributed by atoms with Gasteiger partial charge in [0.05, 0.1) is 19.7 Å². The number of likely N-dealkylation sites (tertiary alicyclic amines) is 1. The number of carbonyl (C=O) groups is 4. The summed E-state index contributed by atoms with van der Waals surface area (Å²) in [5.74, 6) is 1.57. The van der Waals surface area contributed by atoms with Gasteiger partial charge in [0, 0.05) is 62.8 Å². The molecule has 13 nitrogen and oxygen atoms in total. The molecule has 2 aliphatic rings. The third-order valence-corrected chi connectivity index (χ3v) is 9.32. The van der Waals surface area contributed by atoms with Gasteiger partial charge in [-0.3, -0.25) is 19.2 Å². The number of hydrogen-bond acceptors (Lipinski definition) is 11. The minimum Gasteiger partial charge on any atom is -0.493 e. The van der Waals surface area contributed by atoms with Crippen molar-refractivity contribution in [2.24, 2.45) is 5.92 Å². The molecular formula is C33H40N6O7S. The molecule has 0 spiro atoms. The molecule has 1 aromatic heterocycles. The van der Waals surface area contributed by atoms with Crippen molar-refractivity contribution in [3.8, 4) is 17.2 Å². The summed E-state index contributed by atoms with van der Waals surface area (Å²) < 4.78 is 16.7. The van der Waals surface area contributed by atoms with Gasteiger partial charge in [0.25, 0.3) is 5.91 Å². The number of amides is 3. The van der Waals surface area contributed by atoms with Crippen molar-refractivity contribution in [1.82, 2.24) is 19.8 Å². The maximum Gasteiger partial charge on any atom is 0.260 e. The average Bonchev–Trinajstić information content (AvgIpc) is 3.59. The summed E-state index contributed by atoms with van der Waals surface area (Å²) in [5.41, 5.74) is 0.534. The molecule has 3 heterocycles. The largest absolute Gasteiger partial charge is 0.493 e. The van der Waals surface area contributed by atoms with E-state index in [0.717, 1.165) is 11.8 Å². The summed E-state index contributed by atoms with van der Waals surface area (Å²) in [5, 5.41) is 3.48. The van der Waals surface area contributed by atoms with E-state index in [2.05, 4.69) is 5.32 Å². The van der Waals surface area contributed by atoms with E-state index in [-0.39, 0.29) is 35.3 Å². The van der Waals surface area contributed by atoms with E-state index in [4.69, 9.17) is 24.2 Å². The minimum atomic E-state index is -0.673. The number of nitrogens with one attached hydrogen (secondary N) is 1. The van der Waals surface area contributed by atoms with E-state index in [0.29, 0.717) is 85.4 Å². The lowest BCUT2D eigenvalue weighted by molar-refractivity contribution is -0.139. The topological polar surface area (TPSA) is 144 Å². The van der Waals surface area contributed by atoms with Gasteiger partial charge in [-0.1, -0.05) is 36.9 Å². The zero-order valence-electron chi connectivity index (χ0n) is 27.1. The first-order valence-electron chi connectivity index (χ1n) is 15.6. The molecule has 3 amide bonds. The summed E-state index contributed by atoms with van der Waals surface area (Å²) in [6.07, 6.45) is 1.21. The molecule has 0 saturated carbocycles. The summed E-state index contributed by atoms with van der Waals surface area (Å²) in [6.45, 7) is 5.51. The van der Waals surface area contributed by atoms with Gasteiger partial charge < -0.3 is 34.2 Å². The van der Waals surface area contributed by atoms with Gasteiger partial charge in [-0.2, -0.15) is 4.98 Å². The van der Waals surface area contributed by atoms with Gasteiger partial charge in [-0.25, -0.2) is 4.98 Å². The van der Waals surface area contributed by atoms with Crippen LogP contribution in [0.25, 0.3) is 10.9 Å². The molecule has 2 atom stereocenters. The van der Waals surface area contributed by atoms with E-state index in [1.165, 1.54) is 21.1 Å². The molecule has 1 N–H and O–H groups in total. The molecule has 0 radical (unpaired) electrons. The number of para-hydroxylation sites is 1. The van der Waals surface area contributed by atoms with E-state index in [1.807, 2.05) is 35.2 Å². The van der Waals surface area contributed by atoms with Crippen molar-refractivity contribution in [3.63, 3.8) is 0 Å². The second-order valence-electron chi connectivity index (χ2n) is 11.4. The summed E-state index contributed by atoms with van der Waals surface area (Å²) >= 11 is 1.11. The van der Waals surface area contributed by atoms with Gasteiger partial charge in [-0.15, -0.1) is 0 Å². The third kappa shape index (κ3) is 8.05. The molecule has 0 aliphatic carbocycles. The number of methoxy groups -OCH3 is 2. The van der Waals surface area contributed by atoms with Crippen LogP contribution >= 0.6 is 11.8 Å². The summed E-state index contributed by atoms with van der Waals surface area (Å²) in [6, 6.07) is 12.0. The number of piperazine rings is 1. The molecule has 2 aromatic carbocycles. The number of nitrogens with zero attached hydrogens (tertiary/aromatic N) is 5. The second kappa shape index (κ2) is 15.3. The van der Waals surface area contributed by atoms with E-state index in [1.54, 1.807) is 28.9 Å². The van der Waals surface area contributed by atoms with Crippen molar-refractivity contribution in [2.75, 3.05) is 69.5 Å². The zero-order valence-corrected chi connectivity index (χ0v) is 27.9. The Morgan fingerprint density at radius 2 is 1.68 bits per heavy atom. The van der Waals surface area contributed by atoms with Crippen LogP contribution in [-0.4, -0.2) is 108 Å². The lowest BCUT2D eigenvalue weighted by Gasteiger charge is -2.35. The Balaban J connectivity index is 1.34. The highest BCUT2D eigenvalue weighted by Crippen LogP contribution is 2.35. The highest BCUT2D eigenvalue weighted by atomic mass is 32.2. The number of aromatic nitrogens is 2. The van der Waals surface area contributed by atoms with Crippen LogP contribution in [0.2, 0.25) is 0 Å². The molecule has 5 rings (SSSR count). The van der Waals surface area contributed by atoms with Crippen LogP contribution in [0.3, 0.4) is 0 Å². The van der Waals surface area contributed by atoms with Crippen LogP contribution in [0, 0.1) is 5.92 Å². The number of ether oxygens (including phenoxy) is 3. The van der Waals surface area contributed by atoms with E-state index < -0.39 is 12.0 Å². The third-order valence-electron chi connectivity index (χ3n) is 8.25. The second-order valence-corrected chi connectivity index (χ2v) is 12.6. The molecule has 3 aromatic rings. The SMILES string of the molecule is COc1cc2nc(N3CCN(C(=O)COc4ccccc4)CC3)nc(NC(=O)C3CCCN3C(=O)C(C)CSC(C)=O)c2cc1OC. The normalized spacial score (nSPS) is 16.9. The number of carbonyl (C=O) groups excluding carboxylic acids is 4.